The number of aliphatic carboxylic acids is 1. The lowest BCUT2D eigenvalue weighted by atomic mass is 10.2. The third-order valence-electron chi connectivity index (χ3n) is 2.26. The minimum absolute atomic E-state index is 0.109. The lowest BCUT2D eigenvalue weighted by molar-refractivity contribution is -0.142. The van der Waals surface area contributed by atoms with Crippen molar-refractivity contribution in [3.8, 4) is 5.75 Å². The van der Waals surface area contributed by atoms with E-state index in [2.05, 4.69) is 5.32 Å². The number of carbonyl (C=O) groups excluding carboxylic acids is 2. The highest BCUT2D eigenvalue weighted by molar-refractivity contribution is 5.94. The van der Waals surface area contributed by atoms with Gasteiger partial charge in [0.15, 0.2) is 6.61 Å². The number of hydrogen-bond acceptors (Lipinski definition) is 5. The molecule has 0 aliphatic carbocycles. The predicted octanol–water partition coefficient (Wildman–Crippen LogP) is -0.618. The number of hydrogen-bond donors (Lipinski definition) is 3. The molecule has 0 bridgehead atoms. The average molecular weight is 296 g/mol. The van der Waals surface area contributed by atoms with E-state index in [-0.39, 0.29) is 25.7 Å². The Morgan fingerprint density at radius 2 is 1.81 bits per heavy atom. The second kappa shape index (κ2) is 8.54. The molecule has 0 heterocycles. The van der Waals surface area contributed by atoms with Gasteiger partial charge in [-0.05, 0) is 24.3 Å². The number of rotatable bonds is 9. The molecule has 0 radical (unpaired) electrons. The fourth-order valence-corrected chi connectivity index (χ4v) is 1.36. The van der Waals surface area contributed by atoms with Gasteiger partial charge < -0.3 is 25.6 Å². The summed E-state index contributed by atoms with van der Waals surface area (Å²) < 4.78 is 9.83. The minimum Gasteiger partial charge on any atom is -0.484 e. The van der Waals surface area contributed by atoms with Crippen LogP contribution >= 0.6 is 0 Å². The number of carbonyl (C=O) groups is 3. The molecular weight excluding hydrogens is 280 g/mol. The molecule has 1 rings (SSSR count). The van der Waals surface area contributed by atoms with E-state index in [0.717, 1.165) is 0 Å². The summed E-state index contributed by atoms with van der Waals surface area (Å²) in [5.41, 5.74) is 5.34. The van der Waals surface area contributed by atoms with Crippen LogP contribution < -0.4 is 15.8 Å². The summed E-state index contributed by atoms with van der Waals surface area (Å²) in [5.74, 6) is -1.54. The molecule has 21 heavy (non-hydrogen) atoms. The van der Waals surface area contributed by atoms with Gasteiger partial charge in [-0.3, -0.25) is 9.59 Å². The minimum atomic E-state index is -1.06. The molecule has 0 unspecified atom stereocenters. The van der Waals surface area contributed by atoms with Gasteiger partial charge in [-0.25, -0.2) is 4.79 Å². The van der Waals surface area contributed by atoms with Crippen molar-refractivity contribution in [2.24, 2.45) is 5.73 Å². The van der Waals surface area contributed by atoms with E-state index in [0.29, 0.717) is 11.3 Å². The Bertz CT molecular complexity index is 500. The zero-order valence-corrected chi connectivity index (χ0v) is 11.2. The summed E-state index contributed by atoms with van der Waals surface area (Å²) in [6, 6.07) is 6.14. The number of primary amides is 1. The van der Waals surface area contributed by atoms with E-state index < -0.39 is 18.5 Å². The van der Waals surface area contributed by atoms with Crippen molar-refractivity contribution < 1.29 is 29.0 Å². The molecule has 0 aliphatic heterocycles. The Kier molecular flexibility index (Phi) is 6.69. The van der Waals surface area contributed by atoms with Crippen LogP contribution in [0.1, 0.15) is 10.4 Å². The lowest BCUT2D eigenvalue weighted by Crippen LogP contribution is -2.27. The van der Waals surface area contributed by atoms with Crippen molar-refractivity contribution in [1.29, 1.82) is 0 Å². The number of nitrogens with one attached hydrogen (secondary N) is 1. The fourth-order valence-electron chi connectivity index (χ4n) is 1.36. The van der Waals surface area contributed by atoms with Crippen LogP contribution in [0.25, 0.3) is 0 Å². The van der Waals surface area contributed by atoms with Crippen LogP contribution in [0.3, 0.4) is 0 Å². The zero-order valence-electron chi connectivity index (χ0n) is 11.2. The lowest BCUT2D eigenvalue weighted by Gasteiger charge is -2.07. The number of amides is 2. The molecule has 114 valence electrons. The Labute approximate surface area is 120 Å². The molecule has 0 aromatic heterocycles. The van der Waals surface area contributed by atoms with Crippen molar-refractivity contribution in [3.63, 3.8) is 0 Å². The van der Waals surface area contributed by atoms with Gasteiger partial charge in [0, 0.05) is 12.1 Å². The largest absolute Gasteiger partial charge is 0.484 e. The summed E-state index contributed by atoms with van der Waals surface area (Å²) in [5, 5.41) is 10.9. The average Bonchev–Trinajstić information content (AvgIpc) is 2.44. The molecule has 4 N–H and O–H groups in total. The molecule has 2 amide bonds. The van der Waals surface area contributed by atoms with Crippen LogP contribution in [0.2, 0.25) is 0 Å². The Balaban J connectivity index is 2.34. The van der Waals surface area contributed by atoms with Crippen LogP contribution in [0.4, 0.5) is 0 Å². The SMILES string of the molecule is NC(=O)COc1ccc(C(=O)NCCOCC(=O)O)cc1. The highest BCUT2D eigenvalue weighted by atomic mass is 16.5. The summed E-state index contributed by atoms with van der Waals surface area (Å²) in [4.78, 5) is 32.5. The van der Waals surface area contributed by atoms with Gasteiger partial charge in [0.1, 0.15) is 12.4 Å². The number of carboxylic acids is 1. The van der Waals surface area contributed by atoms with Crippen LogP contribution in [-0.4, -0.2) is 49.3 Å². The summed E-state index contributed by atoms with van der Waals surface area (Å²) >= 11 is 0. The van der Waals surface area contributed by atoms with E-state index in [9.17, 15) is 14.4 Å². The third kappa shape index (κ3) is 6.92. The normalized spacial score (nSPS) is 9.90. The maximum atomic E-state index is 11.7. The Morgan fingerprint density at radius 1 is 1.14 bits per heavy atom. The predicted molar refractivity (Wildman–Crippen MR) is 71.9 cm³/mol. The van der Waals surface area contributed by atoms with Crippen molar-refractivity contribution in [1.82, 2.24) is 5.32 Å². The maximum Gasteiger partial charge on any atom is 0.329 e. The van der Waals surface area contributed by atoms with Crippen LogP contribution in [-0.2, 0) is 14.3 Å². The quantitative estimate of drug-likeness (QED) is 0.521. The first-order valence-electron chi connectivity index (χ1n) is 6.08. The summed E-state index contributed by atoms with van der Waals surface area (Å²) in [7, 11) is 0. The third-order valence-corrected chi connectivity index (χ3v) is 2.26. The van der Waals surface area contributed by atoms with Crippen LogP contribution in [0, 0.1) is 0 Å². The van der Waals surface area contributed by atoms with Gasteiger partial charge >= 0.3 is 5.97 Å². The molecule has 1 aromatic rings. The molecule has 1 aromatic carbocycles. The van der Waals surface area contributed by atoms with E-state index in [1.807, 2.05) is 0 Å². The van der Waals surface area contributed by atoms with Crippen molar-refractivity contribution in [2.45, 2.75) is 0 Å². The Hall–Kier alpha value is -2.61. The maximum absolute atomic E-state index is 11.7. The second-order valence-corrected chi connectivity index (χ2v) is 3.98. The number of nitrogens with two attached hydrogens (primary N) is 1. The van der Waals surface area contributed by atoms with Gasteiger partial charge in [-0.15, -0.1) is 0 Å². The highest BCUT2D eigenvalue weighted by Gasteiger charge is 2.05. The van der Waals surface area contributed by atoms with E-state index >= 15 is 0 Å². The summed E-state index contributed by atoms with van der Waals surface area (Å²) in [6.07, 6.45) is 0. The molecule has 0 fully saturated rings. The highest BCUT2D eigenvalue weighted by Crippen LogP contribution is 2.11. The number of benzene rings is 1. The molecular formula is C13H16N2O6. The monoisotopic (exact) mass is 296 g/mol. The molecule has 8 nitrogen and oxygen atoms in total. The van der Waals surface area contributed by atoms with Gasteiger partial charge in [-0.2, -0.15) is 0 Å². The fraction of sp³-hybridized carbons (Fsp3) is 0.308. The van der Waals surface area contributed by atoms with Gasteiger partial charge in [-0.1, -0.05) is 0 Å². The van der Waals surface area contributed by atoms with Gasteiger partial charge in [0.25, 0.3) is 11.8 Å². The first-order chi connectivity index (χ1) is 9.99. The molecule has 0 aliphatic rings. The van der Waals surface area contributed by atoms with E-state index in [4.69, 9.17) is 20.3 Å². The number of carboxylic acid groups (broad SMARTS) is 1. The molecule has 0 saturated heterocycles. The summed E-state index contributed by atoms with van der Waals surface area (Å²) in [6.45, 7) is -0.321. The number of ether oxygens (including phenoxy) is 2. The Morgan fingerprint density at radius 3 is 2.38 bits per heavy atom. The molecule has 8 heteroatoms. The molecule has 0 spiro atoms. The molecule has 0 atom stereocenters. The standard InChI is InChI=1S/C13H16N2O6/c14-11(16)7-21-10-3-1-9(2-4-10)13(19)15-5-6-20-8-12(17)18/h1-4H,5-8H2,(H2,14,16)(H,15,19)(H,17,18). The second-order valence-electron chi connectivity index (χ2n) is 3.98. The van der Waals surface area contributed by atoms with E-state index in [1.54, 1.807) is 12.1 Å². The topological polar surface area (TPSA) is 128 Å². The zero-order chi connectivity index (χ0) is 15.7. The van der Waals surface area contributed by atoms with Gasteiger partial charge in [0.05, 0.1) is 6.61 Å². The van der Waals surface area contributed by atoms with Crippen LogP contribution in [0.5, 0.6) is 5.75 Å². The van der Waals surface area contributed by atoms with Crippen LogP contribution in [0.15, 0.2) is 24.3 Å². The smallest absolute Gasteiger partial charge is 0.329 e. The first-order valence-corrected chi connectivity index (χ1v) is 6.08. The van der Waals surface area contributed by atoms with Crippen molar-refractivity contribution in [3.05, 3.63) is 29.8 Å². The van der Waals surface area contributed by atoms with E-state index in [1.165, 1.54) is 12.1 Å². The van der Waals surface area contributed by atoms with Crippen molar-refractivity contribution in [2.75, 3.05) is 26.4 Å². The molecule has 0 saturated carbocycles. The van der Waals surface area contributed by atoms with Gasteiger partial charge in [0.2, 0.25) is 0 Å². The first kappa shape index (κ1) is 16.4. The van der Waals surface area contributed by atoms with Crippen molar-refractivity contribution >= 4 is 17.8 Å².